The van der Waals surface area contributed by atoms with E-state index in [9.17, 15) is 4.79 Å². The van der Waals surface area contributed by atoms with Gasteiger partial charge in [-0.1, -0.05) is 6.92 Å². The first-order chi connectivity index (χ1) is 4.20. The molecule has 0 radical (unpaired) electrons. The van der Waals surface area contributed by atoms with Crippen molar-refractivity contribution >= 4 is 5.91 Å². The molecule has 0 saturated carbocycles. The third kappa shape index (κ3) is 3.97. The van der Waals surface area contributed by atoms with Gasteiger partial charge in [0.05, 0.1) is 6.17 Å². The van der Waals surface area contributed by atoms with Crippen LogP contribution in [0.2, 0.25) is 0 Å². The Morgan fingerprint density at radius 3 is 2.33 bits per heavy atom. The first-order valence-electron chi connectivity index (χ1n) is 3.15. The Balaban J connectivity index is 3.43. The van der Waals surface area contributed by atoms with Crippen LogP contribution in [0.5, 0.6) is 0 Å². The summed E-state index contributed by atoms with van der Waals surface area (Å²) in [6.45, 7) is 3.52. The van der Waals surface area contributed by atoms with Crippen molar-refractivity contribution in [2.24, 2.45) is 0 Å². The van der Waals surface area contributed by atoms with Crippen molar-refractivity contribution in [1.29, 1.82) is 0 Å². The van der Waals surface area contributed by atoms with Gasteiger partial charge in [-0.2, -0.15) is 0 Å². The summed E-state index contributed by atoms with van der Waals surface area (Å²) < 4.78 is 0. The molecule has 0 bridgehead atoms. The summed E-state index contributed by atoms with van der Waals surface area (Å²) in [5.41, 5.74) is 0. The van der Waals surface area contributed by atoms with Gasteiger partial charge in [0.1, 0.15) is 0 Å². The molecule has 0 saturated heterocycles. The second-order valence-corrected chi connectivity index (χ2v) is 1.95. The zero-order chi connectivity index (χ0) is 7.28. The van der Waals surface area contributed by atoms with E-state index in [1.807, 2.05) is 14.0 Å². The molecule has 9 heavy (non-hydrogen) atoms. The molecular weight excluding hydrogens is 116 g/mol. The molecule has 1 atom stereocenters. The predicted molar refractivity (Wildman–Crippen MR) is 37.0 cm³/mol. The van der Waals surface area contributed by atoms with Gasteiger partial charge in [0.25, 0.3) is 0 Å². The normalized spacial score (nSPS) is 12.8. The lowest BCUT2D eigenvalue weighted by Gasteiger charge is -2.13. The number of carbonyl (C=O) groups is 1. The van der Waals surface area contributed by atoms with Crippen LogP contribution in [0.1, 0.15) is 20.3 Å². The largest absolute Gasteiger partial charge is 0.341 e. The van der Waals surface area contributed by atoms with E-state index < -0.39 is 0 Å². The quantitative estimate of drug-likeness (QED) is 0.531. The molecule has 0 rings (SSSR count). The lowest BCUT2D eigenvalue weighted by Crippen LogP contribution is -2.41. The fraction of sp³-hybridized carbons (Fsp3) is 0.833. The second-order valence-electron chi connectivity index (χ2n) is 1.95. The molecule has 2 N–H and O–H groups in total. The van der Waals surface area contributed by atoms with Crippen molar-refractivity contribution < 1.29 is 4.79 Å². The lowest BCUT2D eigenvalue weighted by molar-refractivity contribution is -0.119. The minimum Gasteiger partial charge on any atom is -0.341 e. The van der Waals surface area contributed by atoms with Crippen LogP contribution in [0.15, 0.2) is 0 Å². The van der Waals surface area contributed by atoms with Gasteiger partial charge in [0.2, 0.25) is 5.91 Å². The SMILES string of the molecule is CCC(NC)NC(C)=O. The number of amides is 1. The van der Waals surface area contributed by atoms with E-state index in [0.29, 0.717) is 0 Å². The van der Waals surface area contributed by atoms with E-state index >= 15 is 0 Å². The fourth-order valence-electron chi connectivity index (χ4n) is 0.624. The van der Waals surface area contributed by atoms with Crippen LogP contribution in [0.3, 0.4) is 0 Å². The van der Waals surface area contributed by atoms with Gasteiger partial charge in [-0.15, -0.1) is 0 Å². The van der Waals surface area contributed by atoms with Crippen LogP contribution in [0.4, 0.5) is 0 Å². The standard InChI is InChI=1S/C6H14N2O/c1-4-6(7-3)8-5(2)9/h6-7H,4H2,1-3H3,(H,8,9). The van der Waals surface area contributed by atoms with Crippen molar-refractivity contribution in [2.45, 2.75) is 26.4 Å². The molecular formula is C6H14N2O. The number of nitrogens with one attached hydrogen (secondary N) is 2. The zero-order valence-corrected chi connectivity index (χ0v) is 6.19. The first-order valence-corrected chi connectivity index (χ1v) is 3.15. The second kappa shape index (κ2) is 4.32. The van der Waals surface area contributed by atoms with E-state index in [2.05, 4.69) is 10.6 Å². The summed E-state index contributed by atoms with van der Waals surface area (Å²) in [4.78, 5) is 10.4. The van der Waals surface area contributed by atoms with E-state index in [4.69, 9.17) is 0 Å². The molecule has 54 valence electrons. The number of carbonyl (C=O) groups excluding carboxylic acids is 1. The molecule has 0 fully saturated rings. The Hall–Kier alpha value is -0.570. The Labute approximate surface area is 55.8 Å². The van der Waals surface area contributed by atoms with Gasteiger partial charge < -0.3 is 10.6 Å². The summed E-state index contributed by atoms with van der Waals surface area (Å²) in [6, 6.07) is 0. The van der Waals surface area contributed by atoms with E-state index in [0.717, 1.165) is 6.42 Å². The van der Waals surface area contributed by atoms with Crippen molar-refractivity contribution in [3.8, 4) is 0 Å². The van der Waals surface area contributed by atoms with Crippen LogP contribution >= 0.6 is 0 Å². The van der Waals surface area contributed by atoms with Crippen molar-refractivity contribution in [1.82, 2.24) is 10.6 Å². The molecule has 0 aliphatic rings. The van der Waals surface area contributed by atoms with Gasteiger partial charge >= 0.3 is 0 Å². The zero-order valence-electron chi connectivity index (χ0n) is 6.19. The topological polar surface area (TPSA) is 41.1 Å². The Bertz CT molecular complexity index is 89.1. The average molecular weight is 130 g/mol. The molecule has 0 aliphatic heterocycles. The summed E-state index contributed by atoms with van der Waals surface area (Å²) in [5.74, 6) is 0.0104. The molecule has 1 amide bonds. The maximum absolute atomic E-state index is 10.4. The van der Waals surface area contributed by atoms with Crippen molar-refractivity contribution in [3.05, 3.63) is 0 Å². The molecule has 0 aromatic heterocycles. The third-order valence-corrected chi connectivity index (χ3v) is 1.13. The predicted octanol–water partition coefficient (Wildman–Crippen LogP) is 0.0780. The summed E-state index contributed by atoms with van der Waals surface area (Å²) in [6.07, 6.45) is 1.04. The molecule has 1 unspecified atom stereocenters. The highest BCUT2D eigenvalue weighted by atomic mass is 16.1. The van der Waals surface area contributed by atoms with Crippen molar-refractivity contribution in [2.75, 3.05) is 7.05 Å². The Morgan fingerprint density at radius 2 is 2.22 bits per heavy atom. The maximum Gasteiger partial charge on any atom is 0.218 e. The van der Waals surface area contributed by atoms with Gasteiger partial charge in [-0.05, 0) is 13.5 Å². The van der Waals surface area contributed by atoms with Crippen molar-refractivity contribution in [3.63, 3.8) is 0 Å². The number of hydrogen-bond donors (Lipinski definition) is 2. The van der Waals surface area contributed by atoms with Crippen LogP contribution in [-0.2, 0) is 4.79 Å². The highest BCUT2D eigenvalue weighted by molar-refractivity contribution is 5.73. The van der Waals surface area contributed by atoms with Crippen LogP contribution < -0.4 is 10.6 Å². The summed E-state index contributed by atoms with van der Waals surface area (Å²) >= 11 is 0. The third-order valence-electron chi connectivity index (χ3n) is 1.13. The highest BCUT2D eigenvalue weighted by Gasteiger charge is 2.00. The number of hydrogen-bond acceptors (Lipinski definition) is 2. The lowest BCUT2D eigenvalue weighted by atomic mass is 10.4. The van der Waals surface area contributed by atoms with Gasteiger partial charge in [0.15, 0.2) is 0 Å². The van der Waals surface area contributed by atoms with Gasteiger partial charge in [-0.3, -0.25) is 4.79 Å². The fourth-order valence-corrected chi connectivity index (χ4v) is 0.624. The van der Waals surface area contributed by atoms with E-state index in [-0.39, 0.29) is 12.1 Å². The molecule has 0 spiro atoms. The number of rotatable bonds is 3. The smallest absolute Gasteiger partial charge is 0.218 e. The minimum atomic E-state index is 0.0104. The summed E-state index contributed by atoms with van der Waals surface area (Å²) in [7, 11) is 1.82. The van der Waals surface area contributed by atoms with Crippen LogP contribution in [0, 0.1) is 0 Å². The monoisotopic (exact) mass is 130 g/mol. The molecule has 0 aromatic carbocycles. The molecule has 3 heteroatoms. The molecule has 0 heterocycles. The average Bonchev–Trinajstić information content (AvgIpc) is 1.82. The van der Waals surface area contributed by atoms with E-state index in [1.165, 1.54) is 6.92 Å². The molecule has 0 aromatic rings. The maximum atomic E-state index is 10.4. The van der Waals surface area contributed by atoms with Gasteiger partial charge in [-0.25, -0.2) is 0 Å². The van der Waals surface area contributed by atoms with Gasteiger partial charge in [0, 0.05) is 6.92 Å². The van der Waals surface area contributed by atoms with Crippen LogP contribution in [0.25, 0.3) is 0 Å². The highest BCUT2D eigenvalue weighted by Crippen LogP contribution is 1.82. The summed E-state index contributed by atoms with van der Waals surface area (Å²) in [5, 5.41) is 5.68. The molecule has 3 nitrogen and oxygen atoms in total. The molecule has 0 aliphatic carbocycles. The minimum absolute atomic E-state index is 0.0104. The Kier molecular flexibility index (Phi) is 4.05. The van der Waals surface area contributed by atoms with E-state index in [1.54, 1.807) is 0 Å². The Morgan fingerprint density at radius 1 is 1.67 bits per heavy atom. The van der Waals surface area contributed by atoms with Crippen LogP contribution in [-0.4, -0.2) is 19.1 Å². The first kappa shape index (κ1) is 8.43.